The first-order valence-corrected chi connectivity index (χ1v) is 6.65. The Morgan fingerprint density at radius 1 is 1.50 bits per heavy atom. The lowest BCUT2D eigenvalue weighted by atomic mass is 10.1. The van der Waals surface area contributed by atoms with Crippen LogP contribution in [0.5, 0.6) is 0 Å². The molecule has 5 nitrogen and oxygen atoms in total. The average Bonchev–Trinajstić information content (AvgIpc) is 2.80. The molecular formula is C12H18N2O3S. The van der Waals surface area contributed by atoms with Crippen LogP contribution in [0.4, 0.5) is 0 Å². The number of thiophene rings is 1. The van der Waals surface area contributed by atoms with Crippen molar-refractivity contribution < 1.29 is 14.7 Å². The maximum atomic E-state index is 11.7. The van der Waals surface area contributed by atoms with Crippen LogP contribution in [0, 0.1) is 5.92 Å². The fraction of sp³-hybridized carbons (Fsp3) is 0.500. The Balaban J connectivity index is 2.62. The van der Waals surface area contributed by atoms with E-state index in [0.29, 0.717) is 13.0 Å². The van der Waals surface area contributed by atoms with E-state index in [1.54, 1.807) is 0 Å². The summed E-state index contributed by atoms with van der Waals surface area (Å²) in [7, 11) is 0. The van der Waals surface area contributed by atoms with E-state index >= 15 is 0 Å². The summed E-state index contributed by atoms with van der Waals surface area (Å²) in [5.74, 6) is -0.994. The minimum Gasteiger partial charge on any atom is -0.481 e. The van der Waals surface area contributed by atoms with Gasteiger partial charge in [-0.3, -0.25) is 9.59 Å². The van der Waals surface area contributed by atoms with Crippen molar-refractivity contribution in [3.8, 4) is 0 Å². The molecule has 1 amide bonds. The number of nitrogens with two attached hydrogens (primary N) is 1. The largest absolute Gasteiger partial charge is 0.481 e. The Morgan fingerprint density at radius 2 is 2.22 bits per heavy atom. The number of hydrogen-bond donors (Lipinski definition) is 3. The summed E-state index contributed by atoms with van der Waals surface area (Å²) in [5.41, 5.74) is 5.45. The van der Waals surface area contributed by atoms with Crippen molar-refractivity contribution in [1.29, 1.82) is 0 Å². The molecule has 0 saturated carbocycles. The lowest BCUT2D eigenvalue weighted by molar-refractivity contribution is -0.137. The summed E-state index contributed by atoms with van der Waals surface area (Å²) >= 11 is 1.44. The highest BCUT2D eigenvalue weighted by atomic mass is 32.1. The maximum absolute atomic E-state index is 11.7. The number of amides is 1. The number of carbonyl (C=O) groups excluding carboxylic acids is 1. The lowest BCUT2D eigenvalue weighted by Gasteiger charge is -2.17. The van der Waals surface area contributed by atoms with E-state index in [-0.39, 0.29) is 18.2 Å². The van der Waals surface area contributed by atoms with Crippen LogP contribution in [0.25, 0.3) is 0 Å². The van der Waals surface area contributed by atoms with Crippen molar-refractivity contribution in [2.45, 2.75) is 25.8 Å². The van der Waals surface area contributed by atoms with Gasteiger partial charge >= 0.3 is 5.97 Å². The Bertz CT molecular complexity index is 392. The zero-order valence-corrected chi connectivity index (χ0v) is 11.1. The molecule has 6 heteroatoms. The monoisotopic (exact) mass is 270 g/mol. The molecule has 0 spiro atoms. The van der Waals surface area contributed by atoms with Crippen molar-refractivity contribution in [1.82, 2.24) is 5.32 Å². The molecule has 2 atom stereocenters. The second-order valence-electron chi connectivity index (χ2n) is 4.28. The molecule has 0 aliphatic carbocycles. The van der Waals surface area contributed by atoms with E-state index in [1.807, 2.05) is 24.4 Å². The van der Waals surface area contributed by atoms with Crippen LogP contribution >= 0.6 is 11.3 Å². The van der Waals surface area contributed by atoms with Crippen molar-refractivity contribution in [3.63, 3.8) is 0 Å². The van der Waals surface area contributed by atoms with Crippen LogP contribution in [0.3, 0.4) is 0 Å². The summed E-state index contributed by atoms with van der Waals surface area (Å²) in [6.45, 7) is 2.33. The Hall–Kier alpha value is -1.40. The molecule has 1 rings (SSSR count). The van der Waals surface area contributed by atoms with Crippen molar-refractivity contribution in [2.24, 2.45) is 11.7 Å². The number of aliphatic carboxylic acids is 1. The van der Waals surface area contributed by atoms with Gasteiger partial charge in [0.1, 0.15) is 0 Å². The molecule has 0 aliphatic heterocycles. The summed E-state index contributed by atoms with van der Waals surface area (Å²) < 4.78 is 0. The Morgan fingerprint density at radius 3 is 2.72 bits per heavy atom. The van der Waals surface area contributed by atoms with Gasteiger partial charge in [-0.2, -0.15) is 0 Å². The van der Waals surface area contributed by atoms with Crippen LogP contribution < -0.4 is 11.1 Å². The van der Waals surface area contributed by atoms with Crippen LogP contribution in [-0.2, 0) is 9.59 Å². The summed E-state index contributed by atoms with van der Waals surface area (Å²) in [6, 6.07) is 3.20. The lowest BCUT2D eigenvalue weighted by Crippen LogP contribution is -2.31. The molecule has 2 unspecified atom stereocenters. The van der Waals surface area contributed by atoms with Crippen LogP contribution in [0.1, 0.15) is 30.7 Å². The highest BCUT2D eigenvalue weighted by Gasteiger charge is 2.19. The van der Waals surface area contributed by atoms with Crippen molar-refractivity contribution in [2.75, 3.05) is 6.54 Å². The first-order chi connectivity index (χ1) is 8.52. The highest BCUT2D eigenvalue weighted by Crippen LogP contribution is 2.22. The van der Waals surface area contributed by atoms with Gasteiger partial charge in [-0.25, -0.2) is 0 Å². The SMILES string of the molecule is CC(CN)CC(=O)NC(CC(=O)O)c1cccs1. The molecule has 0 saturated heterocycles. The van der Waals surface area contributed by atoms with Gasteiger partial charge in [0, 0.05) is 11.3 Å². The third-order valence-electron chi connectivity index (χ3n) is 2.54. The predicted octanol–water partition coefficient (Wildman–Crippen LogP) is 1.37. The Labute approximate surface area is 110 Å². The topological polar surface area (TPSA) is 92.4 Å². The molecule has 1 aromatic heterocycles. The standard InChI is InChI=1S/C12H18N2O3S/c1-8(7-13)5-11(15)14-9(6-12(16)17)10-3-2-4-18-10/h2-4,8-9H,5-7,13H2,1H3,(H,14,15)(H,16,17). The average molecular weight is 270 g/mol. The normalized spacial score (nSPS) is 13.9. The number of carboxylic acid groups (broad SMARTS) is 1. The van der Waals surface area contributed by atoms with Crippen LogP contribution in [0.15, 0.2) is 17.5 Å². The van der Waals surface area contributed by atoms with E-state index in [2.05, 4.69) is 5.32 Å². The molecule has 1 heterocycles. The zero-order valence-electron chi connectivity index (χ0n) is 10.3. The van der Waals surface area contributed by atoms with Gasteiger partial charge in [0.05, 0.1) is 12.5 Å². The van der Waals surface area contributed by atoms with E-state index < -0.39 is 12.0 Å². The quantitative estimate of drug-likeness (QED) is 0.697. The van der Waals surface area contributed by atoms with Gasteiger partial charge in [0.15, 0.2) is 0 Å². The second-order valence-corrected chi connectivity index (χ2v) is 5.26. The number of nitrogens with one attached hydrogen (secondary N) is 1. The number of carboxylic acids is 1. The molecule has 0 radical (unpaired) electrons. The number of hydrogen-bond acceptors (Lipinski definition) is 4. The minimum atomic E-state index is -0.930. The summed E-state index contributed by atoms with van der Waals surface area (Å²) in [6.07, 6.45) is 0.210. The first kappa shape index (κ1) is 14.7. The smallest absolute Gasteiger partial charge is 0.305 e. The molecule has 100 valence electrons. The fourth-order valence-electron chi connectivity index (χ4n) is 1.54. The summed E-state index contributed by atoms with van der Waals surface area (Å²) in [4.78, 5) is 23.4. The maximum Gasteiger partial charge on any atom is 0.305 e. The van der Waals surface area contributed by atoms with Gasteiger partial charge in [-0.15, -0.1) is 11.3 Å². The third kappa shape index (κ3) is 4.85. The molecule has 4 N–H and O–H groups in total. The molecule has 0 aliphatic rings. The van der Waals surface area contributed by atoms with Gasteiger partial charge in [0.2, 0.25) is 5.91 Å². The molecule has 1 aromatic rings. The third-order valence-corrected chi connectivity index (χ3v) is 3.52. The molecule has 0 aromatic carbocycles. The van der Waals surface area contributed by atoms with Crippen LogP contribution in [0.2, 0.25) is 0 Å². The van der Waals surface area contributed by atoms with Crippen molar-refractivity contribution >= 4 is 23.2 Å². The van der Waals surface area contributed by atoms with E-state index in [4.69, 9.17) is 10.8 Å². The van der Waals surface area contributed by atoms with Crippen LogP contribution in [-0.4, -0.2) is 23.5 Å². The van der Waals surface area contributed by atoms with E-state index in [0.717, 1.165) is 4.88 Å². The Kier molecular flexibility index (Phi) is 5.80. The molecule has 0 bridgehead atoms. The predicted molar refractivity (Wildman–Crippen MR) is 70.3 cm³/mol. The van der Waals surface area contributed by atoms with Gasteiger partial charge in [-0.1, -0.05) is 13.0 Å². The fourth-order valence-corrected chi connectivity index (χ4v) is 2.32. The summed E-state index contributed by atoms with van der Waals surface area (Å²) in [5, 5.41) is 13.5. The van der Waals surface area contributed by atoms with Gasteiger partial charge in [0.25, 0.3) is 0 Å². The number of carbonyl (C=O) groups is 2. The number of rotatable bonds is 7. The minimum absolute atomic E-state index is 0.0961. The second kappa shape index (κ2) is 7.13. The van der Waals surface area contributed by atoms with E-state index in [9.17, 15) is 9.59 Å². The molecule has 18 heavy (non-hydrogen) atoms. The molecule has 0 fully saturated rings. The van der Waals surface area contributed by atoms with Gasteiger partial charge in [-0.05, 0) is 23.9 Å². The van der Waals surface area contributed by atoms with Gasteiger partial charge < -0.3 is 16.2 Å². The highest BCUT2D eigenvalue weighted by molar-refractivity contribution is 7.10. The van der Waals surface area contributed by atoms with Crippen molar-refractivity contribution in [3.05, 3.63) is 22.4 Å². The first-order valence-electron chi connectivity index (χ1n) is 5.77. The van der Waals surface area contributed by atoms with E-state index in [1.165, 1.54) is 11.3 Å². The molecular weight excluding hydrogens is 252 g/mol. The zero-order chi connectivity index (χ0) is 13.5.